The van der Waals surface area contributed by atoms with E-state index in [4.69, 9.17) is 0 Å². The molecular formula is C16H18F6N2O3. The molecule has 1 unspecified atom stereocenters. The molecule has 0 saturated heterocycles. The van der Waals surface area contributed by atoms with Crippen LogP contribution in [0.15, 0.2) is 24.3 Å². The Morgan fingerprint density at radius 2 is 1.81 bits per heavy atom. The number of alkyl halides is 6. The van der Waals surface area contributed by atoms with E-state index in [2.05, 4.69) is 10.1 Å². The van der Waals surface area contributed by atoms with E-state index in [1.807, 2.05) is 0 Å². The zero-order valence-electron chi connectivity index (χ0n) is 14.4. The lowest BCUT2D eigenvalue weighted by Gasteiger charge is -2.22. The zero-order valence-corrected chi connectivity index (χ0v) is 14.4. The highest BCUT2D eigenvalue weighted by Gasteiger charge is 2.41. The monoisotopic (exact) mass is 400 g/mol. The first-order chi connectivity index (χ1) is 12.3. The summed E-state index contributed by atoms with van der Waals surface area (Å²) in [6.45, 7) is 0.392. The van der Waals surface area contributed by atoms with Crippen molar-refractivity contribution in [2.24, 2.45) is 0 Å². The van der Waals surface area contributed by atoms with E-state index >= 15 is 0 Å². The molecule has 27 heavy (non-hydrogen) atoms. The number of carbonyl (C=O) groups is 2. The quantitative estimate of drug-likeness (QED) is 0.713. The van der Waals surface area contributed by atoms with Crippen molar-refractivity contribution < 1.29 is 40.7 Å². The number of nitrogens with zero attached hydrogens (tertiary/aromatic N) is 1. The van der Waals surface area contributed by atoms with E-state index in [0.29, 0.717) is 10.5 Å². The summed E-state index contributed by atoms with van der Waals surface area (Å²) < 4.78 is 78.3. The summed E-state index contributed by atoms with van der Waals surface area (Å²) in [4.78, 5) is 23.7. The van der Waals surface area contributed by atoms with Crippen LogP contribution in [0.1, 0.15) is 19.4 Å². The number of carbonyl (C=O) groups excluding carboxylic acids is 2. The molecule has 5 nitrogen and oxygen atoms in total. The van der Waals surface area contributed by atoms with Gasteiger partial charge in [-0.25, -0.2) is 0 Å². The molecule has 0 radical (unpaired) electrons. The molecule has 1 rings (SSSR count). The van der Waals surface area contributed by atoms with Gasteiger partial charge in [0.15, 0.2) is 0 Å². The number of halogens is 6. The molecular weight excluding hydrogens is 382 g/mol. The summed E-state index contributed by atoms with van der Waals surface area (Å²) in [5.74, 6) is -2.84. The van der Waals surface area contributed by atoms with Crippen LogP contribution in [0.4, 0.5) is 32.0 Å². The molecule has 0 aliphatic carbocycles. The minimum absolute atomic E-state index is 0.149. The fourth-order valence-electron chi connectivity index (χ4n) is 2.01. The zero-order chi connectivity index (χ0) is 20.8. The molecule has 0 aromatic heterocycles. The van der Waals surface area contributed by atoms with Crippen LogP contribution in [0.2, 0.25) is 0 Å². The lowest BCUT2D eigenvalue weighted by molar-refractivity contribution is -0.185. The first-order valence-electron chi connectivity index (χ1n) is 7.77. The Balaban J connectivity index is 2.75. The van der Waals surface area contributed by atoms with Crippen LogP contribution in [0, 0.1) is 0 Å². The fourth-order valence-corrected chi connectivity index (χ4v) is 2.01. The lowest BCUT2D eigenvalue weighted by Crippen LogP contribution is -2.40. The van der Waals surface area contributed by atoms with Crippen LogP contribution >= 0.6 is 0 Å². The Labute approximate surface area is 151 Å². The van der Waals surface area contributed by atoms with Crippen LogP contribution in [0.3, 0.4) is 0 Å². The number of nitrogens with one attached hydrogen (secondary N) is 1. The number of benzene rings is 1. The topological polar surface area (TPSA) is 58.6 Å². The second-order valence-electron chi connectivity index (χ2n) is 5.58. The van der Waals surface area contributed by atoms with Crippen molar-refractivity contribution in [2.45, 2.75) is 38.8 Å². The van der Waals surface area contributed by atoms with Crippen molar-refractivity contribution in [3.8, 4) is 0 Å². The maximum Gasteiger partial charge on any atom is 0.471 e. The van der Waals surface area contributed by atoms with Gasteiger partial charge in [0.1, 0.15) is 12.7 Å². The van der Waals surface area contributed by atoms with Crippen molar-refractivity contribution in [1.29, 1.82) is 0 Å². The molecule has 0 bridgehead atoms. The number of amides is 2. The van der Waals surface area contributed by atoms with Gasteiger partial charge in [0.25, 0.3) is 5.91 Å². The van der Waals surface area contributed by atoms with Crippen LogP contribution in [-0.4, -0.2) is 48.3 Å². The molecule has 1 atom stereocenters. The summed E-state index contributed by atoms with van der Waals surface area (Å²) in [5, 5.41) is 2.31. The maximum atomic E-state index is 12.5. The van der Waals surface area contributed by atoms with Gasteiger partial charge in [-0.15, -0.1) is 0 Å². The van der Waals surface area contributed by atoms with Crippen LogP contribution in [0.25, 0.3) is 0 Å². The van der Waals surface area contributed by atoms with E-state index in [9.17, 15) is 35.9 Å². The minimum atomic E-state index is -5.01. The average Bonchev–Trinajstić information content (AvgIpc) is 2.55. The summed E-state index contributed by atoms with van der Waals surface area (Å²) in [7, 11) is 0. The molecule has 0 fully saturated rings. The summed E-state index contributed by atoms with van der Waals surface area (Å²) in [6.07, 6.45) is -11.0. The molecule has 0 heterocycles. The maximum absolute atomic E-state index is 12.5. The van der Waals surface area contributed by atoms with Gasteiger partial charge in [-0.05, 0) is 31.5 Å². The summed E-state index contributed by atoms with van der Waals surface area (Å²) in [6, 6.07) is 5.60. The van der Waals surface area contributed by atoms with Gasteiger partial charge >= 0.3 is 18.3 Å². The minimum Gasteiger partial charge on any atom is -0.359 e. The molecule has 1 aromatic rings. The number of anilines is 1. The molecule has 0 spiro atoms. The Hall–Kier alpha value is -2.30. The van der Waals surface area contributed by atoms with Gasteiger partial charge in [0.05, 0.1) is 0 Å². The first kappa shape index (κ1) is 22.7. The Morgan fingerprint density at radius 1 is 1.19 bits per heavy atom. The fraction of sp³-hybridized carbons (Fsp3) is 0.500. The van der Waals surface area contributed by atoms with E-state index < -0.39 is 36.9 Å². The number of rotatable bonds is 7. The molecule has 1 aromatic carbocycles. The van der Waals surface area contributed by atoms with Crippen molar-refractivity contribution in [3.05, 3.63) is 29.8 Å². The van der Waals surface area contributed by atoms with Crippen molar-refractivity contribution in [1.82, 2.24) is 4.90 Å². The van der Waals surface area contributed by atoms with Gasteiger partial charge in [-0.2, -0.15) is 26.3 Å². The largest absolute Gasteiger partial charge is 0.471 e. The van der Waals surface area contributed by atoms with Gasteiger partial charge < -0.3 is 15.0 Å². The average molecular weight is 400 g/mol. The highest BCUT2D eigenvalue weighted by atomic mass is 19.4. The second-order valence-corrected chi connectivity index (χ2v) is 5.58. The van der Waals surface area contributed by atoms with Crippen LogP contribution < -0.4 is 5.32 Å². The van der Waals surface area contributed by atoms with Crippen LogP contribution in [-0.2, 0) is 20.9 Å². The third-order valence-corrected chi connectivity index (χ3v) is 3.35. The SMILES string of the molecule is CCN(Cc1cccc(NC(=O)C(C)OCC(F)(F)F)c1)C(=O)C(F)(F)F. The Morgan fingerprint density at radius 3 is 2.33 bits per heavy atom. The van der Waals surface area contributed by atoms with Crippen molar-refractivity contribution in [3.63, 3.8) is 0 Å². The summed E-state index contributed by atoms with van der Waals surface area (Å²) in [5.41, 5.74) is 0.451. The highest BCUT2D eigenvalue weighted by Crippen LogP contribution is 2.21. The van der Waals surface area contributed by atoms with Crippen LogP contribution in [0.5, 0.6) is 0 Å². The van der Waals surface area contributed by atoms with Gasteiger partial charge in [-0.3, -0.25) is 9.59 Å². The number of hydrogen-bond donors (Lipinski definition) is 1. The number of hydrogen-bond acceptors (Lipinski definition) is 3. The normalized spacial score (nSPS) is 13.2. The van der Waals surface area contributed by atoms with E-state index in [1.54, 1.807) is 0 Å². The van der Waals surface area contributed by atoms with E-state index in [-0.39, 0.29) is 18.8 Å². The van der Waals surface area contributed by atoms with E-state index in [0.717, 1.165) is 6.92 Å². The van der Waals surface area contributed by atoms with Gasteiger partial charge in [0.2, 0.25) is 0 Å². The molecule has 152 valence electrons. The lowest BCUT2D eigenvalue weighted by atomic mass is 10.1. The predicted octanol–water partition coefficient (Wildman–Crippen LogP) is 3.50. The third-order valence-electron chi connectivity index (χ3n) is 3.35. The first-order valence-corrected chi connectivity index (χ1v) is 7.77. The third kappa shape index (κ3) is 7.85. The Kier molecular flexibility index (Phi) is 7.64. The molecule has 11 heteroatoms. The standard InChI is InChI=1S/C16H18F6N2O3/c1-3-24(14(26)16(20,21)22)8-11-5-4-6-12(7-11)23-13(25)10(2)27-9-15(17,18)19/h4-7,10H,3,8-9H2,1-2H3,(H,23,25). The molecule has 0 aliphatic rings. The molecule has 0 aliphatic heterocycles. The second kappa shape index (κ2) is 9.07. The highest BCUT2D eigenvalue weighted by molar-refractivity contribution is 5.94. The number of ether oxygens (including phenoxy) is 1. The molecule has 1 N–H and O–H groups in total. The predicted molar refractivity (Wildman–Crippen MR) is 83.7 cm³/mol. The van der Waals surface area contributed by atoms with Gasteiger partial charge in [0, 0.05) is 18.8 Å². The Bertz CT molecular complexity index is 660. The molecule has 2 amide bonds. The summed E-state index contributed by atoms with van der Waals surface area (Å²) >= 11 is 0. The van der Waals surface area contributed by atoms with E-state index in [1.165, 1.54) is 31.2 Å². The smallest absolute Gasteiger partial charge is 0.359 e. The molecule has 0 saturated carbocycles. The van der Waals surface area contributed by atoms with Crippen molar-refractivity contribution in [2.75, 3.05) is 18.5 Å². The van der Waals surface area contributed by atoms with Crippen molar-refractivity contribution >= 4 is 17.5 Å². The van der Waals surface area contributed by atoms with Gasteiger partial charge in [-0.1, -0.05) is 12.1 Å².